The van der Waals surface area contributed by atoms with Crippen molar-refractivity contribution < 1.29 is 9.84 Å². The van der Waals surface area contributed by atoms with E-state index in [4.69, 9.17) is 9.84 Å². The summed E-state index contributed by atoms with van der Waals surface area (Å²) in [5.41, 5.74) is 0. The van der Waals surface area contributed by atoms with Gasteiger partial charge in [-0.25, -0.2) is 0 Å². The highest BCUT2D eigenvalue weighted by Crippen LogP contribution is 2.07. The third-order valence-electron chi connectivity index (χ3n) is 2.62. The van der Waals surface area contributed by atoms with Gasteiger partial charge in [-0.1, -0.05) is 25.1 Å². The van der Waals surface area contributed by atoms with Crippen LogP contribution in [0.2, 0.25) is 0 Å². The highest BCUT2D eigenvalue weighted by Gasteiger charge is 2.01. The predicted molar refractivity (Wildman–Crippen MR) is 82.2 cm³/mol. The van der Waals surface area contributed by atoms with Crippen molar-refractivity contribution in [3.63, 3.8) is 0 Å². The maximum atomic E-state index is 8.99. The molecule has 0 bridgehead atoms. The van der Waals surface area contributed by atoms with E-state index in [9.17, 15) is 0 Å². The number of aliphatic hydroxyl groups excluding tert-OH is 1. The van der Waals surface area contributed by atoms with E-state index in [2.05, 4.69) is 15.6 Å². The normalized spacial score (nSPS) is 12.8. The van der Waals surface area contributed by atoms with E-state index in [0.29, 0.717) is 19.7 Å². The zero-order valence-corrected chi connectivity index (χ0v) is 12.3. The van der Waals surface area contributed by atoms with Gasteiger partial charge in [0.2, 0.25) is 0 Å². The molecule has 0 spiro atoms. The van der Waals surface area contributed by atoms with E-state index < -0.39 is 0 Å². The van der Waals surface area contributed by atoms with Crippen molar-refractivity contribution >= 4 is 5.96 Å². The highest BCUT2D eigenvalue weighted by atomic mass is 16.5. The first-order valence-corrected chi connectivity index (χ1v) is 7.07. The molecule has 1 aromatic carbocycles. The van der Waals surface area contributed by atoms with Gasteiger partial charge < -0.3 is 20.5 Å². The van der Waals surface area contributed by atoms with Crippen LogP contribution in [0.5, 0.6) is 5.75 Å². The second-order valence-electron chi connectivity index (χ2n) is 4.60. The molecule has 0 saturated heterocycles. The summed E-state index contributed by atoms with van der Waals surface area (Å²) in [6, 6.07) is 9.73. The van der Waals surface area contributed by atoms with Crippen LogP contribution in [0.4, 0.5) is 0 Å². The first-order chi connectivity index (χ1) is 9.76. The number of guanidine groups is 1. The molecule has 0 amide bonds. The third-order valence-corrected chi connectivity index (χ3v) is 2.62. The van der Waals surface area contributed by atoms with Gasteiger partial charge in [0.25, 0.3) is 0 Å². The zero-order valence-electron chi connectivity index (χ0n) is 12.3. The van der Waals surface area contributed by atoms with Crippen LogP contribution in [0.25, 0.3) is 0 Å². The minimum Gasteiger partial charge on any atom is -0.492 e. The van der Waals surface area contributed by atoms with Gasteiger partial charge in [0.15, 0.2) is 5.96 Å². The molecule has 0 aliphatic heterocycles. The van der Waals surface area contributed by atoms with E-state index in [1.807, 2.05) is 44.2 Å². The molecular formula is C15H25N3O2. The molecule has 0 aliphatic carbocycles. The molecule has 20 heavy (non-hydrogen) atoms. The molecule has 3 N–H and O–H groups in total. The van der Waals surface area contributed by atoms with Crippen LogP contribution in [0.15, 0.2) is 35.3 Å². The predicted octanol–water partition coefficient (Wildman–Crippen LogP) is 1.25. The second kappa shape index (κ2) is 10.1. The Morgan fingerprint density at radius 2 is 2.05 bits per heavy atom. The van der Waals surface area contributed by atoms with Crippen molar-refractivity contribution in [2.75, 3.05) is 32.8 Å². The lowest BCUT2D eigenvalue weighted by atomic mass is 10.2. The molecule has 1 atom stereocenters. The number of hydrogen-bond donors (Lipinski definition) is 3. The lowest BCUT2D eigenvalue weighted by molar-refractivity contribution is 0.241. The number of para-hydroxylation sites is 1. The Kier molecular flexibility index (Phi) is 8.22. The molecule has 1 rings (SSSR count). The van der Waals surface area contributed by atoms with Gasteiger partial charge in [0, 0.05) is 19.7 Å². The number of aliphatic imine (C=N–C) groups is 1. The van der Waals surface area contributed by atoms with E-state index >= 15 is 0 Å². The summed E-state index contributed by atoms with van der Waals surface area (Å²) in [7, 11) is 0. The summed E-state index contributed by atoms with van der Waals surface area (Å²) in [6.45, 7) is 6.79. The molecule has 112 valence electrons. The third kappa shape index (κ3) is 6.99. The maximum absolute atomic E-state index is 8.99. The van der Waals surface area contributed by atoms with Gasteiger partial charge in [-0.05, 0) is 25.0 Å². The molecule has 0 aromatic heterocycles. The van der Waals surface area contributed by atoms with Crippen LogP contribution in [0.1, 0.15) is 13.8 Å². The monoisotopic (exact) mass is 279 g/mol. The lowest BCUT2D eigenvalue weighted by Gasteiger charge is -2.13. The number of nitrogens with zero attached hydrogens (tertiary/aromatic N) is 1. The van der Waals surface area contributed by atoms with Crippen molar-refractivity contribution in [2.24, 2.45) is 10.9 Å². The number of ether oxygens (including phenoxy) is 1. The van der Waals surface area contributed by atoms with Crippen molar-refractivity contribution in [1.29, 1.82) is 0 Å². The summed E-state index contributed by atoms with van der Waals surface area (Å²) < 4.78 is 5.60. The second-order valence-corrected chi connectivity index (χ2v) is 4.60. The summed E-state index contributed by atoms with van der Waals surface area (Å²) in [5.74, 6) is 1.79. The average Bonchev–Trinajstić information content (AvgIpc) is 2.49. The van der Waals surface area contributed by atoms with Crippen molar-refractivity contribution in [2.45, 2.75) is 13.8 Å². The van der Waals surface area contributed by atoms with Crippen LogP contribution >= 0.6 is 0 Å². The van der Waals surface area contributed by atoms with E-state index in [-0.39, 0.29) is 12.5 Å². The van der Waals surface area contributed by atoms with Crippen molar-refractivity contribution in [1.82, 2.24) is 10.6 Å². The highest BCUT2D eigenvalue weighted by molar-refractivity contribution is 5.79. The Bertz CT molecular complexity index is 382. The average molecular weight is 279 g/mol. The molecule has 5 heteroatoms. The fraction of sp³-hybridized carbons (Fsp3) is 0.533. The molecular weight excluding hydrogens is 254 g/mol. The zero-order chi connectivity index (χ0) is 14.6. The Hall–Kier alpha value is -1.75. The number of benzene rings is 1. The van der Waals surface area contributed by atoms with Crippen molar-refractivity contribution in [3.8, 4) is 5.75 Å². The molecule has 1 aromatic rings. The molecule has 1 unspecified atom stereocenters. The Balaban J connectivity index is 2.28. The quantitative estimate of drug-likeness (QED) is 0.381. The molecule has 0 radical (unpaired) electrons. The minimum atomic E-state index is 0.153. The van der Waals surface area contributed by atoms with Crippen LogP contribution in [-0.2, 0) is 0 Å². The van der Waals surface area contributed by atoms with Crippen LogP contribution in [0, 0.1) is 5.92 Å². The van der Waals surface area contributed by atoms with Crippen LogP contribution in [-0.4, -0.2) is 43.9 Å². The van der Waals surface area contributed by atoms with Crippen molar-refractivity contribution in [3.05, 3.63) is 30.3 Å². The largest absolute Gasteiger partial charge is 0.492 e. The van der Waals surface area contributed by atoms with Gasteiger partial charge >= 0.3 is 0 Å². The molecule has 0 fully saturated rings. The smallest absolute Gasteiger partial charge is 0.191 e. The van der Waals surface area contributed by atoms with Gasteiger partial charge in [0.1, 0.15) is 12.4 Å². The van der Waals surface area contributed by atoms with E-state index in [1.54, 1.807) is 0 Å². The Morgan fingerprint density at radius 3 is 2.70 bits per heavy atom. The first-order valence-electron chi connectivity index (χ1n) is 7.07. The van der Waals surface area contributed by atoms with Gasteiger partial charge in [-0.15, -0.1) is 0 Å². The Morgan fingerprint density at radius 1 is 1.30 bits per heavy atom. The lowest BCUT2D eigenvalue weighted by Crippen LogP contribution is -2.39. The molecule has 5 nitrogen and oxygen atoms in total. The molecule has 0 saturated carbocycles. The maximum Gasteiger partial charge on any atom is 0.191 e. The minimum absolute atomic E-state index is 0.153. The number of nitrogens with one attached hydrogen (secondary N) is 2. The number of aliphatic hydroxyl groups is 1. The summed E-state index contributed by atoms with van der Waals surface area (Å²) in [6.07, 6.45) is 0. The standard InChI is InChI=1S/C15H25N3O2/c1-3-16-15(18-11-13(2)12-19)17-9-10-20-14-7-5-4-6-8-14/h4-8,13,19H,3,9-12H2,1-2H3,(H2,16,17,18). The summed E-state index contributed by atoms with van der Waals surface area (Å²) in [5, 5.41) is 15.4. The van der Waals surface area contributed by atoms with Gasteiger partial charge in [0.05, 0.1) is 6.54 Å². The van der Waals surface area contributed by atoms with E-state index in [1.165, 1.54) is 0 Å². The topological polar surface area (TPSA) is 65.9 Å². The number of hydrogen-bond acceptors (Lipinski definition) is 3. The van der Waals surface area contributed by atoms with Gasteiger partial charge in [-0.3, -0.25) is 4.99 Å². The Labute approximate surface area is 121 Å². The van der Waals surface area contributed by atoms with E-state index in [0.717, 1.165) is 18.3 Å². The summed E-state index contributed by atoms with van der Waals surface area (Å²) >= 11 is 0. The SMILES string of the molecule is CCNC(=NCC(C)CO)NCCOc1ccccc1. The first kappa shape index (κ1) is 16.3. The fourth-order valence-corrected chi connectivity index (χ4v) is 1.50. The molecule has 0 heterocycles. The summed E-state index contributed by atoms with van der Waals surface area (Å²) in [4.78, 5) is 4.41. The van der Waals surface area contributed by atoms with Crippen LogP contribution in [0.3, 0.4) is 0 Å². The fourth-order valence-electron chi connectivity index (χ4n) is 1.50. The van der Waals surface area contributed by atoms with Gasteiger partial charge in [-0.2, -0.15) is 0 Å². The van der Waals surface area contributed by atoms with Crippen LogP contribution < -0.4 is 15.4 Å². The number of rotatable bonds is 8. The molecule has 0 aliphatic rings.